The molecule has 0 aromatic rings. The summed E-state index contributed by atoms with van der Waals surface area (Å²) in [5.41, 5.74) is 0. The molecule has 0 aromatic heterocycles. The number of carbonyl (C=O) groups excluding carboxylic acids is 3. The first-order valence-electron chi connectivity index (χ1n) is 26.8. The van der Waals surface area contributed by atoms with Gasteiger partial charge in [0, 0.05) is 19.3 Å². The van der Waals surface area contributed by atoms with Gasteiger partial charge in [0.2, 0.25) is 0 Å². The normalized spacial score (nSPS) is 12.5. The van der Waals surface area contributed by atoms with Crippen LogP contribution in [0.15, 0.2) is 60.8 Å². The van der Waals surface area contributed by atoms with Gasteiger partial charge in [-0.2, -0.15) is 0 Å². The van der Waals surface area contributed by atoms with E-state index in [4.69, 9.17) is 14.2 Å². The lowest BCUT2D eigenvalue weighted by molar-refractivity contribution is -0.167. The molecule has 0 unspecified atom stereocenters. The van der Waals surface area contributed by atoms with Crippen molar-refractivity contribution in [3.8, 4) is 0 Å². The molecule has 0 amide bonds. The summed E-state index contributed by atoms with van der Waals surface area (Å²) < 4.78 is 16.8. The van der Waals surface area contributed by atoms with E-state index in [0.717, 1.165) is 96.3 Å². The second-order valence-corrected chi connectivity index (χ2v) is 17.8. The molecule has 0 bridgehead atoms. The minimum Gasteiger partial charge on any atom is -0.462 e. The van der Waals surface area contributed by atoms with E-state index in [2.05, 4.69) is 81.5 Å². The first kappa shape index (κ1) is 60.1. The van der Waals surface area contributed by atoms with Gasteiger partial charge in [0.25, 0.3) is 0 Å². The second kappa shape index (κ2) is 51.7. The van der Waals surface area contributed by atoms with Gasteiger partial charge in [0.05, 0.1) is 0 Å². The van der Waals surface area contributed by atoms with Crippen molar-refractivity contribution in [2.24, 2.45) is 0 Å². The molecule has 0 saturated carbocycles. The fourth-order valence-electron chi connectivity index (χ4n) is 7.42. The van der Waals surface area contributed by atoms with Crippen LogP contribution in [-0.4, -0.2) is 37.2 Å². The zero-order valence-electron chi connectivity index (χ0n) is 41.6. The van der Waals surface area contributed by atoms with E-state index in [1.165, 1.54) is 128 Å². The molecule has 0 saturated heterocycles. The van der Waals surface area contributed by atoms with Crippen molar-refractivity contribution in [1.29, 1.82) is 0 Å². The Bertz CT molecular complexity index is 1150. The minimum atomic E-state index is -0.794. The van der Waals surface area contributed by atoms with Crippen molar-refractivity contribution in [3.05, 3.63) is 60.8 Å². The average molecular weight is 881 g/mol. The molecule has 0 spiro atoms. The SMILES string of the molecule is CCCCC/C=C\C/C=C\C/C=C\CCCCC(=O)OC[C@H](COC(=O)CCCCCCCCCCCCCCCCC)OC(=O)CCCCCCC/C=C\C/C=C\CCCCC. The lowest BCUT2D eigenvalue weighted by Gasteiger charge is -2.18. The third-order valence-electron chi connectivity index (χ3n) is 11.5. The highest BCUT2D eigenvalue weighted by atomic mass is 16.6. The quantitative estimate of drug-likeness (QED) is 0.0262. The van der Waals surface area contributed by atoms with Gasteiger partial charge in [-0.05, 0) is 89.9 Å². The molecule has 0 aliphatic heterocycles. The maximum Gasteiger partial charge on any atom is 0.306 e. The molecule has 6 nitrogen and oxygen atoms in total. The van der Waals surface area contributed by atoms with E-state index < -0.39 is 6.10 Å². The van der Waals surface area contributed by atoms with Crippen LogP contribution in [0.4, 0.5) is 0 Å². The predicted octanol–water partition coefficient (Wildman–Crippen LogP) is 17.6. The maximum atomic E-state index is 12.8. The van der Waals surface area contributed by atoms with Crippen LogP contribution >= 0.6 is 0 Å². The van der Waals surface area contributed by atoms with Crippen LogP contribution in [0.1, 0.15) is 265 Å². The number of ether oxygens (including phenoxy) is 3. The Morgan fingerprint density at radius 1 is 0.317 bits per heavy atom. The number of carbonyl (C=O) groups is 3. The number of allylic oxidation sites excluding steroid dienone is 10. The minimum absolute atomic E-state index is 0.0900. The van der Waals surface area contributed by atoms with Gasteiger partial charge in [0.15, 0.2) is 6.10 Å². The van der Waals surface area contributed by atoms with E-state index in [1.807, 2.05) is 0 Å². The van der Waals surface area contributed by atoms with E-state index in [9.17, 15) is 14.4 Å². The van der Waals surface area contributed by atoms with E-state index in [1.54, 1.807) is 0 Å². The Hall–Kier alpha value is -2.89. The van der Waals surface area contributed by atoms with Crippen molar-refractivity contribution in [2.45, 2.75) is 271 Å². The van der Waals surface area contributed by atoms with Gasteiger partial charge < -0.3 is 14.2 Å². The monoisotopic (exact) mass is 881 g/mol. The number of unbranched alkanes of at least 4 members (excludes halogenated alkanes) is 27. The average Bonchev–Trinajstić information content (AvgIpc) is 3.28. The van der Waals surface area contributed by atoms with Gasteiger partial charge in [0.1, 0.15) is 13.2 Å². The molecule has 0 rings (SSSR count). The largest absolute Gasteiger partial charge is 0.462 e. The molecule has 63 heavy (non-hydrogen) atoms. The molecule has 0 radical (unpaired) electrons. The maximum absolute atomic E-state index is 12.8. The van der Waals surface area contributed by atoms with Crippen molar-refractivity contribution >= 4 is 17.9 Å². The molecule has 0 heterocycles. The number of hydrogen-bond donors (Lipinski definition) is 0. The van der Waals surface area contributed by atoms with Crippen molar-refractivity contribution in [3.63, 3.8) is 0 Å². The predicted molar refractivity (Wildman–Crippen MR) is 270 cm³/mol. The molecule has 0 N–H and O–H groups in total. The zero-order chi connectivity index (χ0) is 45.8. The molecule has 364 valence electrons. The van der Waals surface area contributed by atoms with Gasteiger partial charge in [-0.3, -0.25) is 14.4 Å². The van der Waals surface area contributed by atoms with Crippen LogP contribution in [0.3, 0.4) is 0 Å². The Balaban J connectivity index is 4.45. The highest BCUT2D eigenvalue weighted by molar-refractivity contribution is 5.71. The summed E-state index contributed by atoms with van der Waals surface area (Å²) in [6.45, 7) is 6.55. The van der Waals surface area contributed by atoms with Crippen LogP contribution < -0.4 is 0 Å². The molecule has 0 aromatic carbocycles. The Morgan fingerprint density at radius 2 is 0.571 bits per heavy atom. The Morgan fingerprint density at radius 3 is 0.952 bits per heavy atom. The number of rotatable bonds is 48. The molecule has 1 atom stereocenters. The summed E-state index contributed by atoms with van der Waals surface area (Å²) in [5.74, 6) is -0.937. The van der Waals surface area contributed by atoms with Crippen LogP contribution in [0.2, 0.25) is 0 Å². The standard InChI is InChI=1S/C57H100O6/c1-4-7-10-13-16-19-22-25-28-31-34-37-40-43-46-49-55(58)61-52-54(63-57(60)51-48-45-42-39-36-33-30-27-24-21-18-15-12-9-6-3)53-62-56(59)50-47-44-41-38-35-32-29-26-23-20-17-14-11-8-5-2/h16,18-19,21,25,27-28,30,34,37,54H,4-15,17,20,22-24,26,29,31-33,35-36,38-53H2,1-3H3/b19-16-,21-18-,28-25-,30-27-,37-34-/t54-/m1/s1. The lowest BCUT2D eigenvalue weighted by atomic mass is 10.0. The summed E-state index contributed by atoms with van der Waals surface area (Å²) in [6.07, 6.45) is 63.4. The van der Waals surface area contributed by atoms with Gasteiger partial charge in [-0.1, -0.05) is 216 Å². The fraction of sp³-hybridized carbons (Fsp3) is 0.772. The fourth-order valence-corrected chi connectivity index (χ4v) is 7.42. The summed E-state index contributed by atoms with van der Waals surface area (Å²) in [5, 5.41) is 0. The van der Waals surface area contributed by atoms with Crippen molar-refractivity contribution < 1.29 is 28.6 Å². The van der Waals surface area contributed by atoms with Crippen LogP contribution in [0.5, 0.6) is 0 Å². The lowest BCUT2D eigenvalue weighted by Crippen LogP contribution is -2.30. The highest BCUT2D eigenvalue weighted by Crippen LogP contribution is 2.15. The third-order valence-corrected chi connectivity index (χ3v) is 11.5. The van der Waals surface area contributed by atoms with Crippen molar-refractivity contribution in [1.82, 2.24) is 0 Å². The Labute approximate surface area is 390 Å². The molecular weight excluding hydrogens is 781 g/mol. The van der Waals surface area contributed by atoms with Crippen molar-refractivity contribution in [2.75, 3.05) is 13.2 Å². The molecule has 0 fully saturated rings. The van der Waals surface area contributed by atoms with E-state index in [0.29, 0.717) is 19.3 Å². The van der Waals surface area contributed by atoms with Gasteiger partial charge in [-0.25, -0.2) is 0 Å². The summed E-state index contributed by atoms with van der Waals surface area (Å²) in [7, 11) is 0. The summed E-state index contributed by atoms with van der Waals surface area (Å²) in [6, 6.07) is 0. The van der Waals surface area contributed by atoms with Crippen LogP contribution in [0, 0.1) is 0 Å². The van der Waals surface area contributed by atoms with Crippen LogP contribution in [0.25, 0.3) is 0 Å². The topological polar surface area (TPSA) is 78.9 Å². The number of hydrogen-bond acceptors (Lipinski definition) is 6. The molecule has 0 aliphatic carbocycles. The second-order valence-electron chi connectivity index (χ2n) is 17.8. The third kappa shape index (κ3) is 50.0. The molecule has 6 heteroatoms. The smallest absolute Gasteiger partial charge is 0.306 e. The highest BCUT2D eigenvalue weighted by Gasteiger charge is 2.19. The van der Waals surface area contributed by atoms with E-state index in [-0.39, 0.29) is 31.1 Å². The first-order chi connectivity index (χ1) is 31.0. The van der Waals surface area contributed by atoms with Gasteiger partial charge in [-0.15, -0.1) is 0 Å². The molecule has 0 aliphatic rings. The summed E-state index contributed by atoms with van der Waals surface area (Å²) >= 11 is 0. The zero-order valence-corrected chi connectivity index (χ0v) is 41.6. The summed E-state index contributed by atoms with van der Waals surface area (Å²) in [4.78, 5) is 38.0. The first-order valence-corrected chi connectivity index (χ1v) is 26.8. The Kier molecular flexibility index (Phi) is 49.4. The number of esters is 3. The van der Waals surface area contributed by atoms with Gasteiger partial charge >= 0.3 is 17.9 Å². The van der Waals surface area contributed by atoms with E-state index >= 15 is 0 Å². The van der Waals surface area contributed by atoms with Crippen LogP contribution in [-0.2, 0) is 28.6 Å². The molecular formula is C57H100O6.